The summed E-state index contributed by atoms with van der Waals surface area (Å²) in [6, 6.07) is 3.99. The Balaban J connectivity index is 1.42. The summed E-state index contributed by atoms with van der Waals surface area (Å²) in [6.45, 7) is 16.2. The van der Waals surface area contributed by atoms with E-state index in [2.05, 4.69) is 42.8 Å². The molecule has 3 rings (SSSR count). The minimum absolute atomic E-state index is 0.0142. The Kier molecular flexibility index (Phi) is 6.48. The van der Waals surface area contributed by atoms with Crippen molar-refractivity contribution in [2.45, 2.75) is 46.2 Å². The summed E-state index contributed by atoms with van der Waals surface area (Å²) in [7, 11) is 0. The van der Waals surface area contributed by atoms with Gasteiger partial charge in [0.1, 0.15) is 5.76 Å². The Morgan fingerprint density at radius 3 is 2.44 bits per heavy atom. The van der Waals surface area contributed by atoms with E-state index in [4.69, 9.17) is 4.42 Å². The molecule has 0 bridgehead atoms. The lowest BCUT2D eigenvalue weighted by molar-refractivity contribution is 0.0457. The molecule has 2 amide bonds. The van der Waals surface area contributed by atoms with E-state index in [0.717, 1.165) is 63.4 Å². The number of furan rings is 1. The molecule has 2 aliphatic rings. The molecule has 2 saturated heterocycles. The monoisotopic (exact) mass is 376 g/mol. The number of carbonyl (C=O) groups is 1. The molecule has 27 heavy (non-hydrogen) atoms. The van der Waals surface area contributed by atoms with Crippen LogP contribution in [0.15, 0.2) is 22.8 Å². The second-order valence-corrected chi connectivity index (χ2v) is 9.16. The van der Waals surface area contributed by atoms with Gasteiger partial charge in [-0.2, -0.15) is 0 Å². The summed E-state index contributed by atoms with van der Waals surface area (Å²) >= 11 is 0. The normalized spacial score (nSPS) is 25.6. The van der Waals surface area contributed by atoms with Gasteiger partial charge >= 0.3 is 6.03 Å². The van der Waals surface area contributed by atoms with Crippen molar-refractivity contribution in [2.24, 2.45) is 11.8 Å². The molecule has 0 spiro atoms. The number of amides is 2. The molecule has 2 unspecified atom stereocenters. The molecule has 0 saturated carbocycles. The zero-order valence-electron chi connectivity index (χ0n) is 17.4. The molecule has 0 radical (unpaired) electrons. The number of rotatable bonds is 5. The Morgan fingerprint density at radius 1 is 1.19 bits per heavy atom. The number of piperazine rings is 1. The van der Waals surface area contributed by atoms with Crippen LogP contribution in [0.5, 0.6) is 0 Å². The molecule has 1 aromatic rings. The van der Waals surface area contributed by atoms with Crippen molar-refractivity contribution in [1.29, 1.82) is 0 Å². The van der Waals surface area contributed by atoms with Crippen LogP contribution in [-0.2, 0) is 6.54 Å². The van der Waals surface area contributed by atoms with Gasteiger partial charge < -0.3 is 14.6 Å². The van der Waals surface area contributed by atoms with Gasteiger partial charge in [-0.05, 0) is 44.2 Å². The van der Waals surface area contributed by atoms with E-state index >= 15 is 0 Å². The summed E-state index contributed by atoms with van der Waals surface area (Å²) in [5.74, 6) is 2.44. The molecule has 0 aromatic carbocycles. The largest absolute Gasteiger partial charge is 0.468 e. The zero-order valence-corrected chi connectivity index (χ0v) is 17.4. The zero-order chi connectivity index (χ0) is 19.4. The molecule has 3 heterocycles. The molecule has 0 aliphatic carbocycles. The van der Waals surface area contributed by atoms with Gasteiger partial charge in [0, 0.05) is 51.4 Å². The number of hydrogen-bond donors (Lipinski definition) is 1. The van der Waals surface area contributed by atoms with E-state index in [-0.39, 0.29) is 11.6 Å². The predicted molar refractivity (Wildman–Crippen MR) is 108 cm³/mol. The van der Waals surface area contributed by atoms with E-state index in [0.29, 0.717) is 6.54 Å². The maximum atomic E-state index is 12.6. The van der Waals surface area contributed by atoms with Gasteiger partial charge in [0.2, 0.25) is 0 Å². The Labute approximate surface area is 163 Å². The van der Waals surface area contributed by atoms with Gasteiger partial charge in [0.15, 0.2) is 0 Å². The van der Waals surface area contributed by atoms with E-state index in [1.807, 2.05) is 17.0 Å². The Hall–Kier alpha value is -1.53. The topological polar surface area (TPSA) is 52.0 Å². The highest BCUT2D eigenvalue weighted by atomic mass is 16.3. The molecular weight excluding hydrogens is 340 g/mol. The first-order valence-corrected chi connectivity index (χ1v) is 10.4. The molecule has 2 aliphatic heterocycles. The standard InChI is InChI=1S/C21H36N4O2/c1-17-12-18(2)14-25(13-17)21(3,4)16-22-20(26)24-9-7-23(8-10-24)15-19-6-5-11-27-19/h5-6,11,17-18H,7-10,12-16H2,1-4H3,(H,22,26). The van der Waals surface area contributed by atoms with Crippen LogP contribution in [0.25, 0.3) is 0 Å². The van der Waals surface area contributed by atoms with E-state index < -0.39 is 0 Å². The number of carbonyl (C=O) groups excluding carboxylic acids is 1. The van der Waals surface area contributed by atoms with E-state index in [9.17, 15) is 4.79 Å². The highest BCUT2D eigenvalue weighted by molar-refractivity contribution is 5.74. The van der Waals surface area contributed by atoms with E-state index in [1.54, 1.807) is 6.26 Å². The number of likely N-dealkylation sites (tertiary alicyclic amines) is 1. The van der Waals surface area contributed by atoms with Crippen molar-refractivity contribution in [1.82, 2.24) is 20.0 Å². The van der Waals surface area contributed by atoms with Gasteiger partial charge in [-0.15, -0.1) is 0 Å². The second-order valence-electron chi connectivity index (χ2n) is 9.16. The smallest absolute Gasteiger partial charge is 0.317 e. The third-order valence-corrected chi connectivity index (χ3v) is 6.02. The first-order chi connectivity index (χ1) is 12.8. The van der Waals surface area contributed by atoms with Gasteiger partial charge in [-0.3, -0.25) is 9.80 Å². The van der Waals surface area contributed by atoms with Crippen molar-refractivity contribution in [3.63, 3.8) is 0 Å². The van der Waals surface area contributed by atoms with Crippen molar-refractivity contribution >= 4 is 6.03 Å². The van der Waals surface area contributed by atoms with Crippen LogP contribution in [-0.4, -0.2) is 72.1 Å². The van der Waals surface area contributed by atoms with Gasteiger partial charge in [0.25, 0.3) is 0 Å². The van der Waals surface area contributed by atoms with E-state index in [1.165, 1.54) is 6.42 Å². The molecular formula is C21H36N4O2. The van der Waals surface area contributed by atoms with Crippen molar-refractivity contribution in [2.75, 3.05) is 45.8 Å². The lowest BCUT2D eigenvalue weighted by Crippen LogP contribution is -2.58. The number of piperidine rings is 1. The Morgan fingerprint density at radius 2 is 1.85 bits per heavy atom. The maximum Gasteiger partial charge on any atom is 0.317 e. The molecule has 1 aromatic heterocycles. The molecule has 2 atom stereocenters. The third kappa shape index (κ3) is 5.48. The fourth-order valence-corrected chi connectivity index (χ4v) is 4.40. The summed E-state index contributed by atoms with van der Waals surface area (Å²) in [4.78, 5) is 19.5. The summed E-state index contributed by atoms with van der Waals surface area (Å²) in [6.07, 6.45) is 3.02. The molecule has 152 valence electrons. The van der Waals surface area contributed by atoms with Gasteiger partial charge in [-0.25, -0.2) is 4.79 Å². The summed E-state index contributed by atoms with van der Waals surface area (Å²) in [5.41, 5.74) is -0.0142. The van der Waals surface area contributed by atoms with Crippen molar-refractivity contribution in [3.05, 3.63) is 24.2 Å². The molecule has 6 heteroatoms. The highest BCUT2D eigenvalue weighted by Crippen LogP contribution is 2.26. The number of urea groups is 1. The minimum atomic E-state index is -0.0142. The first-order valence-electron chi connectivity index (χ1n) is 10.4. The SMILES string of the molecule is CC1CC(C)CN(C(C)(C)CNC(=O)N2CCN(Cc3ccco3)CC2)C1. The number of nitrogens with one attached hydrogen (secondary N) is 1. The minimum Gasteiger partial charge on any atom is -0.468 e. The number of hydrogen-bond acceptors (Lipinski definition) is 4. The summed E-state index contributed by atoms with van der Waals surface area (Å²) < 4.78 is 5.42. The Bertz CT molecular complexity index is 583. The van der Waals surface area contributed by atoms with Gasteiger partial charge in [-0.1, -0.05) is 13.8 Å². The molecule has 2 fully saturated rings. The van der Waals surface area contributed by atoms with Crippen LogP contribution in [0.1, 0.15) is 39.9 Å². The average Bonchev–Trinajstić information content (AvgIpc) is 3.12. The summed E-state index contributed by atoms with van der Waals surface area (Å²) in [5, 5.41) is 3.19. The van der Waals surface area contributed by atoms with Crippen LogP contribution in [0.3, 0.4) is 0 Å². The fourth-order valence-electron chi connectivity index (χ4n) is 4.40. The van der Waals surface area contributed by atoms with Crippen molar-refractivity contribution < 1.29 is 9.21 Å². The molecule has 6 nitrogen and oxygen atoms in total. The van der Waals surface area contributed by atoms with Crippen LogP contribution in [0.2, 0.25) is 0 Å². The quantitative estimate of drug-likeness (QED) is 0.859. The van der Waals surface area contributed by atoms with Crippen LogP contribution < -0.4 is 5.32 Å². The lowest BCUT2D eigenvalue weighted by atomic mass is 9.88. The lowest BCUT2D eigenvalue weighted by Gasteiger charge is -2.45. The molecule has 1 N–H and O–H groups in total. The predicted octanol–water partition coefficient (Wildman–Crippen LogP) is 2.86. The van der Waals surface area contributed by atoms with Gasteiger partial charge in [0.05, 0.1) is 12.8 Å². The highest BCUT2D eigenvalue weighted by Gasteiger charge is 2.33. The van der Waals surface area contributed by atoms with Crippen LogP contribution in [0, 0.1) is 11.8 Å². The third-order valence-electron chi connectivity index (χ3n) is 6.02. The average molecular weight is 377 g/mol. The first kappa shape index (κ1) is 20.2. The van der Waals surface area contributed by atoms with Crippen LogP contribution >= 0.6 is 0 Å². The van der Waals surface area contributed by atoms with Crippen LogP contribution in [0.4, 0.5) is 4.79 Å². The maximum absolute atomic E-state index is 12.6. The van der Waals surface area contributed by atoms with Crippen molar-refractivity contribution in [3.8, 4) is 0 Å². The fraction of sp³-hybridized carbons (Fsp3) is 0.762. The number of nitrogens with zero attached hydrogens (tertiary/aromatic N) is 3. The second kappa shape index (κ2) is 8.65.